The fourth-order valence-electron chi connectivity index (χ4n) is 4.91. The molecule has 2 aliphatic rings. The molecule has 2 N–H and O–H groups in total. The molecule has 16 heteroatoms. The summed E-state index contributed by atoms with van der Waals surface area (Å²) in [5.41, 5.74) is 2.28. The van der Waals surface area contributed by atoms with Crippen LogP contribution < -0.4 is 10.6 Å². The topological polar surface area (TPSA) is 119 Å². The zero-order valence-corrected chi connectivity index (χ0v) is 28.6. The molecule has 2 amide bonds. The Kier molecular flexibility index (Phi) is 12.5. The minimum atomic E-state index is -0.0978. The Morgan fingerprint density at radius 2 is 1.21 bits per heavy atom. The van der Waals surface area contributed by atoms with E-state index in [0.717, 1.165) is 31.9 Å². The number of aryl methyl sites for hydroxylation is 1. The second-order valence-corrected chi connectivity index (χ2v) is 12.5. The van der Waals surface area contributed by atoms with Crippen molar-refractivity contribution in [3.05, 3.63) is 80.5 Å². The quantitative estimate of drug-likeness (QED) is 0.255. The predicted molar refractivity (Wildman–Crippen MR) is 184 cm³/mol. The molecule has 12 nitrogen and oxygen atoms in total. The average molecular weight is 724 g/mol. The monoisotopic (exact) mass is 722 g/mol. The van der Waals surface area contributed by atoms with Gasteiger partial charge in [0, 0.05) is 60.2 Å². The molecule has 2 aromatic heterocycles. The molecule has 0 bridgehead atoms. The van der Waals surface area contributed by atoms with Gasteiger partial charge >= 0.3 is 0 Å². The molecule has 2 fully saturated rings. The van der Waals surface area contributed by atoms with Gasteiger partial charge in [-0.25, -0.2) is 9.36 Å². The number of hydrogen-bond donors (Lipinski definition) is 2. The number of halogens is 4. The number of anilines is 2. The SMILES string of the molecule is Cc1cc(NC(=O)CN2CCOCC2)nn1-c1ccc(Cl)cc1Cl.O=C(CN1CCOCC1)Nc1ccn(-c2ccc(Cl)cc2Cl)n1. The van der Waals surface area contributed by atoms with Gasteiger partial charge in [-0.05, 0) is 43.3 Å². The Labute approximate surface area is 292 Å². The maximum Gasteiger partial charge on any atom is 0.239 e. The lowest BCUT2D eigenvalue weighted by Crippen LogP contribution is -2.41. The number of nitrogens with zero attached hydrogens (tertiary/aromatic N) is 6. The molecular weight excluding hydrogens is 690 g/mol. The summed E-state index contributed by atoms with van der Waals surface area (Å²) in [5, 5.41) is 16.5. The molecule has 4 heterocycles. The lowest BCUT2D eigenvalue weighted by Gasteiger charge is -2.25. The summed E-state index contributed by atoms with van der Waals surface area (Å²) in [5.74, 6) is 0.786. The highest BCUT2D eigenvalue weighted by Crippen LogP contribution is 2.26. The summed E-state index contributed by atoms with van der Waals surface area (Å²) in [6.07, 6.45) is 1.74. The number of benzene rings is 2. The summed E-state index contributed by atoms with van der Waals surface area (Å²) < 4.78 is 13.8. The summed E-state index contributed by atoms with van der Waals surface area (Å²) in [7, 11) is 0. The van der Waals surface area contributed by atoms with Crippen LogP contribution in [0.15, 0.2) is 54.7 Å². The number of rotatable bonds is 8. The van der Waals surface area contributed by atoms with Gasteiger partial charge in [-0.3, -0.25) is 19.4 Å². The normalized spacial score (nSPS) is 15.5. The van der Waals surface area contributed by atoms with Crippen LogP contribution in [0.3, 0.4) is 0 Å². The van der Waals surface area contributed by atoms with E-state index in [1.807, 2.05) is 17.9 Å². The lowest BCUT2D eigenvalue weighted by atomic mass is 10.3. The number of morpholine rings is 2. The Bertz CT molecular complexity index is 1690. The maximum atomic E-state index is 12.2. The molecule has 47 heavy (non-hydrogen) atoms. The van der Waals surface area contributed by atoms with Gasteiger partial charge in [0.25, 0.3) is 0 Å². The van der Waals surface area contributed by atoms with Crippen molar-refractivity contribution in [3.63, 3.8) is 0 Å². The van der Waals surface area contributed by atoms with Crippen molar-refractivity contribution in [3.8, 4) is 11.4 Å². The molecule has 0 radical (unpaired) electrons. The minimum absolute atomic E-state index is 0.0937. The van der Waals surface area contributed by atoms with Crippen molar-refractivity contribution in [2.75, 3.05) is 76.3 Å². The third kappa shape index (κ3) is 10.1. The van der Waals surface area contributed by atoms with Crippen molar-refractivity contribution in [1.82, 2.24) is 29.4 Å². The van der Waals surface area contributed by atoms with Gasteiger partial charge in [0.1, 0.15) is 0 Å². The van der Waals surface area contributed by atoms with Gasteiger partial charge in [0.2, 0.25) is 11.8 Å². The number of aromatic nitrogens is 4. The van der Waals surface area contributed by atoms with Crippen LogP contribution in [-0.4, -0.2) is 107 Å². The number of carbonyl (C=O) groups excluding carboxylic acids is 2. The first-order valence-corrected chi connectivity index (χ1v) is 16.4. The molecule has 0 atom stereocenters. The third-order valence-electron chi connectivity index (χ3n) is 7.25. The standard InChI is InChI=1S/C16H18Cl2N4O2.C15H16Cl2N4O2/c1-11-8-15(19-16(23)10-21-4-6-24-7-5-21)20-22(11)14-3-2-12(17)9-13(14)18;16-11-1-2-13(12(17)9-11)21-4-3-14(19-21)18-15(22)10-20-5-7-23-8-6-20/h2-3,8-9H,4-7,10H2,1H3,(H,19,20,23);1-4,9H,5-8,10H2,(H,18,19,22). The highest BCUT2D eigenvalue weighted by Gasteiger charge is 2.17. The zero-order chi connectivity index (χ0) is 33.3. The largest absolute Gasteiger partial charge is 0.379 e. The van der Waals surface area contributed by atoms with Crippen molar-refractivity contribution in [1.29, 1.82) is 0 Å². The van der Waals surface area contributed by atoms with E-state index in [-0.39, 0.29) is 11.8 Å². The Morgan fingerprint density at radius 3 is 1.74 bits per heavy atom. The third-order valence-corrected chi connectivity index (χ3v) is 8.32. The molecule has 2 aliphatic heterocycles. The van der Waals surface area contributed by atoms with Gasteiger partial charge in [-0.2, -0.15) is 5.10 Å². The predicted octanol–water partition coefficient (Wildman–Crippen LogP) is 5.21. The molecule has 4 aromatic rings. The number of amides is 2. The average Bonchev–Trinajstić information content (AvgIpc) is 3.64. The van der Waals surface area contributed by atoms with Gasteiger partial charge in [-0.15, -0.1) is 5.10 Å². The molecule has 0 unspecified atom stereocenters. The Morgan fingerprint density at radius 1 is 0.702 bits per heavy atom. The number of carbonyl (C=O) groups is 2. The number of ether oxygens (including phenoxy) is 2. The molecule has 0 saturated carbocycles. The first-order chi connectivity index (χ1) is 22.6. The lowest BCUT2D eigenvalue weighted by molar-refractivity contribution is -0.119. The van der Waals surface area contributed by atoms with Crippen LogP contribution >= 0.6 is 46.4 Å². The van der Waals surface area contributed by atoms with Crippen LogP contribution in [0, 0.1) is 6.92 Å². The highest BCUT2D eigenvalue weighted by atomic mass is 35.5. The van der Waals surface area contributed by atoms with E-state index in [1.54, 1.807) is 58.0 Å². The van der Waals surface area contributed by atoms with Crippen LogP contribution in [0.2, 0.25) is 20.1 Å². The molecule has 2 saturated heterocycles. The van der Waals surface area contributed by atoms with Crippen LogP contribution in [0.25, 0.3) is 11.4 Å². The van der Waals surface area contributed by atoms with Crippen molar-refractivity contribution < 1.29 is 19.1 Å². The van der Waals surface area contributed by atoms with Gasteiger partial charge in [-0.1, -0.05) is 46.4 Å². The first-order valence-electron chi connectivity index (χ1n) is 14.9. The second-order valence-electron chi connectivity index (χ2n) is 10.8. The number of nitrogens with one attached hydrogen (secondary N) is 2. The van der Waals surface area contributed by atoms with E-state index < -0.39 is 0 Å². The molecule has 2 aromatic carbocycles. The van der Waals surface area contributed by atoms with E-state index in [1.165, 1.54) is 0 Å². The van der Waals surface area contributed by atoms with Crippen molar-refractivity contribution in [2.24, 2.45) is 0 Å². The van der Waals surface area contributed by atoms with E-state index in [4.69, 9.17) is 55.9 Å². The van der Waals surface area contributed by atoms with E-state index in [9.17, 15) is 9.59 Å². The number of hydrogen-bond acceptors (Lipinski definition) is 8. The fraction of sp³-hybridized carbons (Fsp3) is 0.355. The summed E-state index contributed by atoms with van der Waals surface area (Å²) in [6, 6.07) is 13.9. The van der Waals surface area contributed by atoms with E-state index >= 15 is 0 Å². The maximum absolute atomic E-state index is 12.2. The Balaban J connectivity index is 0.000000185. The highest BCUT2D eigenvalue weighted by molar-refractivity contribution is 6.36. The van der Waals surface area contributed by atoms with Crippen LogP contribution in [0.4, 0.5) is 11.6 Å². The van der Waals surface area contributed by atoms with Gasteiger partial charge in [0.15, 0.2) is 11.6 Å². The molecule has 6 rings (SSSR count). The molecule has 0 aliphatic carbocycles. The molecular formula is C31H34Cl4N8O4. The first kappa shape index (κ1) is 35.1. The Hall–Kier alpha value is -3.20. The van der Waals surface area contributed by atoms with Crippen LogP contribution in [0.5, 0.6) is 0 Å². The van der Waals surface area contributed by atoms with Crippen LogP contribution in [-0.2, 0) is 19.1 Å². The zero-order valence-electron chi connectivity index (χ0n) is 25.6. The van der Waals surface area contributed by atoms with E-state index in [0.29, 0.717) is 82.6 Å². The summed E-state index contributed by atoms with van der Waals surface area (Å²) in [6.45, 7) is 8.28. The van der Waals surface area contributed by atoms with Crippen molar-refractivity contribution >= 4 is 69.9 Å². The summed E-state index contributed by atoms with van der Waals surface area (Å²) >= 11 is 24.2. The van der Waals surface area contributed by atoms with Crippen molar-refractivity contribution in [2.45, 2.75) is 6.92 Å². The van der Waals surface area contributed by atoms with Crippen LogP contribution in [0.1, 0.15) is 5.69 Å². The summed E-state index contributed by atoms with van der Waals surface area (Å²) in [4.78, 5) is 28.3. The van der Waals surface area contributed by atoms with Gasteiger partial charge < -0.3 is 20.1 Å². The smallest absolute Gasteiger partial charge is 0.239 e. The second kappa shape index (κ2) is 16.8. The fourth-order valence-corrected chi connectivity index (χ4v) is 5.90. The molecule has 0 spiro atoms. The van der Waals surface area contributed by atoms with Gasteiger partial charge in [0.05, 0.1) is 60.9 Å². The minimum Gasteiger partial charge on any atom is -0.379 e. The van der Waals surface area contributed by atoms with E-state index in [2.05, 4.69) is 25.7 Å². The molecule has 250 valence electrons.